The molecule has 23 heavy (non-hydrogen) atoms. The van der Waals surface area contributed by atoms with Crippen molar-refractivity contribution in [3.05, 3.63) is 64.7 Å². The number of hydrogen-bond acceptors (Lipinski definition) is 2. The Morgan fingerprint density at radius 2 is 1.91 bits per heavy atom. The largest absolute Gasteiger partial charge is 0.348 e. The Kier molecular flexibility index (Phi) is 3.37. The van der Waals surface area contributed by atoms with Gasteiger partial charge in [-0.2, -0.15) is 0 Å². The number of benzene rings is 2. The Bertz CT molecular complexity index is 783. The lowest BCUT2D eigenvalue weighted by atomic mass is 9.96. The number of nitrogens with one attached hydrogen (secondary N) is 1. The SMILES string of the molecule is O=C(NCc1ccccc1)c1cc2c3c(c1)CC(=O)N3CCC2. The van der Waals surface area contributed by atoms with Crippen molar-refractivity contribution in [2.45, 2.75) is 25.8 Å². The highest BCUT2D eigenvalue weighted by Gasteiger charge is 2.32. The van der Waals surface area contributed by atoms with Gasteiger partial charge in [-0.15, -0.1) is 0 Å². The molecule has 2 heterocycles. The summed E-state index contributed by atoms with van der Waals surface area (Å²) in [5, 5.41) is 2.96. The van der Waals surface area contributed by atoms with Crippen LogP contribution in [0.3, 0.4) is 0 Å². The molecule has 0 saturated heterocycles. The van der Waals surface area contributed by atoms with E-state index >= 15 is 0 Å². The van der Waals surface area contributed by atoms with Crippen molar-refractivity contribution in [1.82, 2.24) is 5.32 Å². The van der Waals surface area contributed by atoms with E-state index in [9.17, 15) is 9.59 Å². The molecular formula is C19H18N2O2. The summed E-state index contributed by atoms with van der Waals surface area (Å²) in [4.78, 5) is 26.4. The minimum atomic E-state index is -0.0793. The van der Waals surface area contributed by atoms with Gasteiger partial charge >= 0.3 is 0 Å². The molecule has 0 aliphatic carbocycles. The van der Waals surface area contributed by atoms with Crippen LogP contribution < -0.4 is 10.2 Å². The number of amides is 2. The van der Waals surface area contributed by atoms with Crippen molar-refractivity contribution in [2.24, 2.45) is 0 Å². The molecule has 2 aromatic rings. The third-order valence-corrected chi connectivity index (χ3v) is 4.57. The standard InChI is InChI=1S/C19H18N2O2/c22-17-11-15-10-16(9-14-7-4-8-21(17)18(14)15)19(23)20-12-13-5-2-1-3-6-13/h1-3,5-6,9-10H,4,7-8,11-12H2,(H,20,23). The van der Waals surface area contributed by atoms with Crippen molar-refractivity contribution in [2.75, 3.05) is 11.4 Å². The van der Waals surface area contributed by atoms with Crippen molar-refractivity contribution >= 4 is 17.5 Å². The summed E-state index contributed by atoms with van der Waals surface area (Å²) in [5.74, 6) is 0.0761. The van der Waals surface area contributed by atoms with Crippen molar-refractivity contribution < 1.29 is 9.59 Å². The Hall–Kier alpha value is -2.62. The van der Waals surface area contributed by atoms with Crippen LogP contribution >= 0.6 is 0 Å². The Balaban J connectivity index is 1.57. The van der Waals surface area contributed by atoms with Crippen LogP contribution in [-0.2, 0) is 24.2 Å². The van der Waals surface area contributed by atoms with Crippen LogP contribution in [0.25, 0.3) is 0 Å². The summed E-state index contributed by atoms with van der Waals surface area (Å²) in [6.45, 7) is 1.32. The molecule has 1 N–H and O–H groups in total. The van der Waals surface area contributed by atoms with E-state index in [-0.39, 0.29) is 11.8 Å². The maximum Gasteiger partial charge on any atom is 0.251 e. The highest BCUT2D eigenvalue weighted by Crippen LogP contribution is 2.37. The predicted molar refractivity (Wildman–Crippen MR) is 88.4 cm³/mol. The van der Waals surface area contributed by atoms with E-state index in [1.54, 1.807) is 0 Å². The monoisotopic (exact) mass is 306 g/mol. The van der Waals surface area contributed by atoms with Gasteiger partial charge in [-0.3, -0.25) is 9.59 Å². The van der Waals surface area contributed by atoms with Gasteiger partial charge < -0.3 is 10.2 Å². The second-order valence-electron chi connectivity index (χ2n) is 6.14. The third-order valence-electron chi connectivity index (χ3n) is 4.57. The van der Waals surface area contributed by atoms with E-state index in [1.165, 1.54) is 0 Å². The Morgan fingerprint density at radius 1 is 1.13 bits per heavy atom. The van der Waals surface area contributed by atoms with Crippen molar-refractivity contribution in [3.63, 3.8) is 0 Å². The topological polar surface area (TPSA) is 49.4 Å². The van der Waals surface area contributed by atoms with E-state index in [0.717, 1.165) is 41.8 Å². The lowest BCUT2D eigenvalue weighted by molar-refractivity contribution is -0.117. The zero-order chi connectivity index (χ0) is 15.8. The van der Waals surface area contributed by atoms with Gasteiger partial charge in [0.15, 0.2) is 0 Å². The van der Waals surface area contributed by atoms with Gasteiger partial charge in [0.2, 0.25) is 5.91 Å². The van der Waals surface area contributed by atoms with Gasteiger partial charge in [0.25, 0.3) is 5.91 Å². The fraction of sp³-hybridized carbons (Fsp3) is 0.263. The number of rotatable bonds is 3. The molecule has 2 aromatic carbocycles. The highest BCUT2D eigenvalue weighted by molar-refractivity contribution is 6.04. The van der Waals surface area contributed by atoms with Crippen LogP contribution in [0.1, 0.15) is 33.5 Å². The minimum absolute atomic E-state index is 0.0793. The molecule has 0 aromatic heterocycles. The van der Waals surface area contributed by atoms with Crippen molar-refractivity contribution in [1.29, 1.82) is 0 Å². The van der Waals surface area contributed by atoms with Gasteiger partial charge in [0.05, 0.1) is 12.1 Å². The lowest BCUT2D eigenvalue weighted by Crippen LogP contribution is -2.31. The number of hydrogen-bond donors (Lipinski definition) is 1. The fourth-order valence-corrected chi connectivity index (χ4v) is 3.49. The van der Waals surface area contributed by atoms with Crippen LogP contribution in [-0.4, -0.2) is 18.4 Å². The minimum Gasteiger partial charge on any atom is -0.348 e. The van der Waals surface area contributed by atoms with E-state index < -0.39 is 0 Å². The molecule has 0 fully saturated rings. The molecule has 2 aliphatic heterocycles. The van der Waals surface area contributed by atoms with E-state index in [0.29, 0.717) is 18.5 Å². The van der Waals surface area contributed by atoms with Gasteiger partial charge in [0.1, 0.15) is 0 Å². The summed E-state index contributed by atoms with van der Waals surface area (Å²) in [5.41, 5.74) is 4.92. The molecule has 0 atom stereocenters. The number of aryl methyl sites for hydroxylation is 1. The molecule has 0 bridgehead atoms. The molecular weight excluding hydrogens is 288 g/mol. The molecule has 4 heteroatoms. The second kappa shape index (κ2) is 5.54. The fourth-order valence-electron chi connectivity index (χ4n) is 3.49. The van der Waals surface area contributed by atoms with E-state index in [2.05, 4.69) is 5.32 Å². The molecule has 4 nitrogen and oxygen atoms in total. The zero-order valence-corrected chi connectivity index (χ0v) is 12.8. The van der Waals surface area contributed by atoms with Gasteiger partial charge in [-0.25, -0.2) is 0 Å². The van der Waals surface area contributed by atoms with Crippen LogP contribution in [0, 0.1) is 0 Å². The molecule has 0 unspecified atom stereocenters. The normalized spacial score (nSPS) is 15.5. The maximum absolute atomic E-state index is 12.5. The van der Waals surface area contributed by atoms with E-state index in [4.69, 9.17) is 0 Å². The molecule has 2 aliphatic rings. The van der Waals surface area contributed by atoms with Gasteiger partial charge in [-0.1, -0.05) is 30.3 Å². The molecule has 116 valence electrons. The maximum atomic E-state index is 12.5. The number of anilines is 1. The molecule has 4 rings (SSSR count). The van der Waals surface area contributed by atoms with Gasteiger partial charge in [-0.05, 0) is 41.7 Å². The highest BCUT2D eigenvalue weighted by atomic mass is 16.2. The molecule has 0 saturated carbocycles. The molecule has 0 spiro atoms. The Labute approximate surface area is 135 Å². The van der Waals surface area contributed by atoms with Crippen LogP contribution in [0.5, 0.6) is 0 Å². The summed E-state index contributed by atoms with van der Waals surface area (Å²) < 4.78 is 0. The molecule has 0 radical (unpaired) electrons. The summed E-state index contributed by atoms with van der Waals surface area (Å²) in [6.07, 6.45) is 2.32. The summed E-state index contributed by atoms with van der Waals surface area (Å²) in [6, 6.07) is 13.7. The summed E-state index contributed by atoms with van der Waals surface area (Å²) in [7, 11) is 0. The smallest absolute Gasteiger partial charge is 0.251 e. The van der Waals surface area contributed by atoms with Crippen LogP contribution in [0.15, 0.2) is 42.5 Å². The third kappa shape index (κ3) is 2.50. The average Bonchev–Trinajstić information content (AvgIpc) is 2.91. The average molecular weight is 306 g/mol. The first-order valence-electron chi connectivity index (χ1n) is 8.00. The van der Waals surface area contributed by atoms with Crippen LogP contribution in [0.2, 0.25) is 0 Å². The lowest BCUT2D eigenvalue weighted by Gasteiger charge is -2.25. The number of carbonyl (C=O) groups excluding carboxylic acids is 2. The quantitative estimate of drug-likeness (QED) is 0.947. The number of carbonyl (C=O) groups is 2. The summed E-state index contributed by atoms with van der Waals surface area (Å²) >= 11 is 0. The van der Waals surface area contributed by atoms with Gasteiger partial charge in [0, 0.05) is 18.7 Å². The Morgan fingerprint density at radius 3 is 2.74 bits per heavy atom. The van der Waals surface area contributed by atoms with Crippen molar-refractivity contribution in [3.8, 4) is 0 Å². The second-order valence-corrected chi connectivity index (χ2v) is 6.14. The number of nitrogens with zero attached hydrogens (tertiary/aromatic N) is 1. The molecule has 2 amide bonds. The first kappa shape index (κ1) is 14.0. The van der Waals surface area contributed by atoms with Crippen LogP contribution in [0.4, 0.5) is 5.69 Å². The predicted octanol–water partition coefficient (Wildman–Crippen LogP) is 2.45. The zero-order valence-electron chi connectivity index (χ0n) is 12.8. The first-order valence-corrected chi connectivity index (χ1v) is 8.00. The first-order chi connectivity index (χ1) is 11.2. The van der Waals surface area contributed by atoms with E-state index in [1.807, 2.05) is 47.4 Å².